The highest BCUT2D eigenvalue weighted by atomic mass is 16.5. The molecule has 0 aliphatic carbocycles. The molecule has 19 heavy (non-hydrogen) atoms. The fourth-order valence-electron chi connectivity index (χ4n) is 1.71. The number of benzene rings is 1. The van der Waals surface area contributed by atoms with Gasteiger partial charge in [-0.25, -0.2) is 0 Å². The van der Waals surface area contributed by atoms with Gasteiger partial charge in [0.15, 0.2) is 0 Å². The summed E-state index contributed by atoms with van der Waals surface area (Å²) in [5.41, 5.74) is 1.91. The van der Waals surface area contributed by atoms with Crippen LogP contribution in [-0.4, -0.2) is 26.1 Å². The van der Waals surface area contributed by atoms with E-state index >= 15 is 0 Å². The number of carbonyl (C=O) groups excluding carboxylic acids is 1. The molecule has 0 unspecified atom stereocenters. The van der Waals surface area contributed by atoms with Crippen molar-refractivity contribution in [1.29, 1.82) is 0 Å². The molecule has 2 N–H and O–H groups in total. The molecule has 0 bridgehead atoms. The van der Waals surface area contributed by atoms with Crippen LogP contribution >= 0.6 is 0 Å². The summed E-state index contributed by atoms with van der Waals surface area (Å²) in [5, 5.41) is 5.88. The van der Waals surface area contributed by atoms with E-state index in [2.05, 4.69) is 31.4 Å². The van der Waals surface area contributed by atoms with Crippen molar-refractivity contribution in [2.45, 2.75) is 33.1 Å². The van der Waals surface area contributed by atoms with Gasteiger partial charge in [0.05, 0.1) is 19.3 Å². The molecule has 1 rings (SSSR count). The van der Waals surface area contributed by atoms with Crippen LogP contribution in [0, 0.1) is 0 Å². The zero-order valence-corrected chi connectivity index (χ0v) is 12.5. The molecule has 0 aliphatic rings. The van der Waals surface area contributed by atoms with Gasteiger partial charge in [0.2, 0.25) is 5.91 Å². The summed E-state index contributed by atoms with van der Waals surface area (Å²) in [6, 6.07) is 5.89. The van der Waals surface area contributed by atoms with Gasteiger partial charge in [-0.3, -0.25) is 4.79 Å². The fourth-order valence-corrected chi connectivity index (χ4v) is 1.71. The van der Waals surface area contributed by atoms with Crippen LogP contribution in [0.4, 0.5) is 5.69 Å². The maximum atomic E-state index is 11.8. The third-order valence-corrected chi connectivity index (χ3v) is 2.88. The van der Waals surface area contributed by atoms with Crippen LogP contribution < -0.4 is 15.4 Å². The molecule has 0 heterocycles. The molecule has 0 fully saturated rings. The van der Waals surface area contributed by atoms with Crippen LogP contribution in [0.3, 0.4) is 0 Å². The van der Waals surface area contributed by atoms with E-state index in [9.17, 15) is 4.79 Å². The van der Waals surface area contributed by atoms with Gasteiger partial charge >= 0.3 is 0 Å². The van der Waals surface area contributed by atoms with Crippen LogP contribution in [0.2, 0.25) is 0 Å². The van der Waals surface area contributed by atoms with Gasteiger partial charge in [0, 0.05) is 0 Å². The lowest BCUT2D eigenvalue weighted by atomic mass is 9.87. The fraction of sp³-hybridized carbons (Fsp3) is 0.533. The van der Waals surface area contributed by atoms with Crippen LogP contribution in [0.5, 0.6) is 5.75 Å². The summed E-state index contributed by atoms with van der Waals surface area (Å²) < 4.78 is 5.28. The summed E-state index contributed by atoms with van der Waals surface area (Å²) in [7, 11) is 1.60. The lowest BCUT2D eigenvalue weighted by Crippen LogP contribution is -2.28. The van der Waals surface area contributed by atoms with E-state index in [0.717, 1.165) is 17.8 Å². The molecule has 0 aliphatic heterocycles. The summed E-state index contributed by atoms with van der Waals surface area (Å²) >= 11 is 0. The molecule has 0 saturated carbocycles. The van der Waals surface area contributed by atoms with Gasteiger partial charge in [-0.1, -0.05) is 33.8 Å². The first-order valence-electron chi connectivity index (χ1n) is 6.57. The number of rotatable bonds is 5. The second kappa shape index (κ2) is 6.57. The SMILES string of the molecule is CCNCC(=O)Nc1cc(C(C)(C)C)ccc1OC. The second-order valence-electron chi connectivity index (χ2n) is 5.49. The maximum Gasteiger partial charge on any atom is 0.238 e. The normalized spacial score (nSPS) is 11.2. The minimum absolute atomic E-state index is 0.0351. The van der Waals surface area contributed by atoms with Gasteiger partial charge in [0.1, 0.15) is 5.75 Å². The first-order chi connectivity index (χ1) is 8.88. The Balaban J connectivity index is 2.93. The second-order valence-corrected chi connectivity index (χ2v) is 5.49. The molecule has 0 radical (unpaired) electrons. The monoisotopic (exact) mass is 264 g/mol. The summed E-state index contributed by atoms with van der Waals surface area (Å²) in [5.74, 6) is 0.615. The highest BCUT2D eigenvalue weighted by Crippen LogP contribution is 2.31. The minimum Gasteiger partial charge on any atom is -0.495 e. The predicted octanol–water partition coefficient (Wildman–Crippen LogP) is 2.54. The zero-order chi connectivity index (χ0) is 14.5. The van der Waals surface area contributed by atoms with E-state index in [-0.39, 0.29) is 11.3 Å². The molecule has 1 aromatic carbocycles. The number of hydrogen-bond donors (Lipinski definition) is 2. The summed E-state index contributed by atoms with van der Waals surface area (Å²) in [6.45, 7) is 9.46. The maximum absolute atomic E-state index is 11.8. The number of hydrogen-bond acceptors (Lipinski definition) is 3. The first-order valence-corrected chi connectivity index (χ1v) is 6.57. The van der Waals surface area contributed by atoms with Crippen molar-refractivity contribution in [3.05, 3.63) is 23.8 Å². The van der Waals surface area contributed by atoms with Crippen LogP contribution in [-0.2, 0) is 10.2 Å². The highest BCUT2D eigenvalue weighted by molar-refractivity contribution is 5.93. The number of carbonyl (C=O) groups is 1. The largest absolute Gasteiger partial charge is 0.495 e. The van der Waals surface area contributed by atoms with Gasteiger partial charge in [-0.05, 0) is 29.7 Å². The topological polar surface area (TPSA) is 50.4 Å². The van der Waals surface area contributed by atoms with Crippen molar-refractivity contribution in [3.8, 4) is 5.75 Å². The first kappa shape index (κ1) is 15.5. The molecule has 4 heteroatoms. The molecular weight excluding hydrogens is 240 g/mol. The zero-order valence-electron chi connectivity index (χ0n) is 12.5. The third-order valence-electron chi connectivity index (χ3n) is 2.88. The molecule has 1 aromatic rings. The number of nitrogens with one attached hydrogen (secondary N) is 2. The standard InChI is InChI=1S/C15H24N2O2/c1-6-16-10-14(18)17-12-9-11(15(2,3)4)7-8-13(12)19-5/h7-9,16H,6,10H2,1-5H3,(H,17,18). The Labute approximate surface area is 115 Å². The molecule has 0 saturated heterocycles. The van der Waals surface area contributed by atoms with Crippen molar-refractivity contribution in [2.24, 2.45) is 0 Å². The molecule has 0 atom stereocenters. The van der Waals surface area contributed by atoms with Gasteiger partial charge in [-0.15, -0.1) is 0 Å². The van der Waals surface area contributed by atoms with Crippen molar-refractivity contribution in [1.82, 2.24) is 5.32 Å². The molecule has 0 aromatic heterocycles. The summed E-state index contributed by atoms with van der Waals surface area (Å²) in [6.07, 6.45) is 0. The van der Waals surface area contributed by atoms with Crippen molar-refractivity contribution in [2.75, 3.05) is 25.5 Å². The Morgan fingerprint density at radius 2 is 2.00 bits per heavy atom. The number of ether oxygens (including phenoxy) is 1. The number of anilines is 1. The van der Waals surface area contributed by atoms with Crippen molar-refractivity contribution >= 4 is 11.6 Å². The number of amides is 1. The predicted molar refractivity (Wildman–Crippen MR) is 78.9 cm³/mol. The van der Waals surface area contributed by atoms with Crippen molar-refractivity contribution in [3.63, 3.8) is 0 Å². The molecule has 4 nitrogen and oxygen atoms in total. The van der Waals surface area contributed by atoms with E-state index in [0.29, 0.717) is 12.3 Å². The minimum atomic E-state index is -0.0637. The van der Waals surface area contributed by atoms with Crippen LogP contribution in [0.1, 0.15) is 33.3 Å². The highest BCUT2D eigenvalue weighted by Gasteiger charge is 2.16. The van der Waals surface area contributed by atoms with E-state index in [1.54, 1.807) is 7.11 Å². The Kier molecular flexibility index (Phi) is 5.36. The van der Waals surface area contributed by atoms with Gasteiger partial charge in [-0.2, -0.15) is 0 Å². The van der Waals surface area contributed by atoms with Crippen LogP contribution in [0.15, 0.2) is 18.2 Å². The smallest absolute Gasteiger partial charge is 0.238 e. The molecule has 0 spiro atoms. The Morgan fingerprint density at radius 1 is 1.32 bits per heavy atom. The van der Waals surface area contributed by atoms with E-state index < -0.39 is 0 Å². The molecule has 1 amide bonds. The Morgan fingerprint density at radius 3 is 2.53 bits per heavy atom. The molecular formula is C15H24N2O2. The quantitative estimate of drug-likeness (QED) is 0.859. The van der Waals surface area contributed by atoms with Gasteiger partial charge < -0.3 is 15.4 Å². The van der Waals surface area contributed by atoms with Gasteiger partial charge in [0.25, 0.3) is 0 Å². The third kappa shape index (κ3) is 4.56. The summed E-state index contributed by atoms with van der Waals surface area (Å²) in [4.78, 5) is 11.8. The Bertz CT molecular complexity index is 436. The van der Waals surface area contributed by atoms with E-state index in [4.69, 9.17) is 4.74 Å². The van der Waals surface area contributed by atoms with E-state index in [1.807, 2.05) is 25.1 Å². The van der Waals surface area contributed by atoms with Crippen LogP contribution in [0.25, 0.3) is 0 Å². The average molecular weight is 264 g/mol. The lowest BCUT2D eigenvalue weighted by Gasteiger charge is -2.21. The molecule has 106 valence electrons. The van der Waals surface area contributed by atoms with E-state index in [1.165, 1.54) is 0 Å². The lowest BCUT2D eigenvalue weighted by molar-refractivity contribution is -0.115. The van der Waals surface area contributed by atoms with Crippen molar-refractivity contribution < 1.29 is 9.53 Å². The number of likely N-dealkylation sites (N-methyl/N-ethyl adjacent to an activating group) is 1. The average Bonchev–Trinajstić information content (AvgIpc) is 2.35. The Hall–Kier alpha value is -1.55. The number of methoxy groups -OCH3 is 1.